The van der Waals surface area contributed by atoms with E-state index in [4.69, 9.17) is 21.6 Å². The third-order valence-electron chi connectivity index (χ3n) is 4.34. The molecule has 28 heavy (non-hydrogen) atoms. The Labute approximate surface area is 168 Å². The molecule has 142 valence electrons. The number of esters is 1. The molecule has 1 aromatic carbocycles. The van der Waals surface area contributed by atoms with Crippen molar-refractivity contribution in [1.29, 1.82) is 5.26 Å². The third-order valence-corrected chi connectivity index (χ3v) is 4.53. The summed E-state index contributed by atoms with van der Waals surface area (Å²) in [6.45, 7) is 4.11. The lowest BCUT2D eigenvalue weighted by Crippen LogP contribution is -2.09. The average Bonchev–Trinajstić information content (AvgIpc) is 3.10. The van der Waals surface area contributed by atoms with Crippen molar-refractivity contribution >= 4 is 17.6 Å². The standard InChI is InChI=1S/C21H19ClN4O2/c1-3-28-20(27)9-6-17-5-8-19(16-12-24-21(22)25-13-16)26(17)18-7-4-15(11-23)10-14(18)2/h4-5,7-8,10,12-13H,3,6,9H2,1-2H3. The van der Waals surface area contributed by atoms with Crippen molar-refractivity contribution in [3.8, 4) is 23.0 Å². The topological polar surface area (TPSA) is 80.8 Å². The molecule has 0 amide bonds. The molecule has 0 aliphatic carbocycles. The molecule has 0 radical (unpaired) electrons. The van der Waals surface area contributed by atoms with Gasteiger partial charge >= 0.3 is 5.97 Å². The van der Waals surface area contributed by atoms with Crippen LogP contribution in [0, 0.1) is 18.3 Å². The zero-order valence-electron chi connectivity index (χ0n) is 15.6. The molecular formula is C21H19ClN4O2. The van der Waals surface area contributed by atoms with Gasteiger partial charge in [0.05, 0.1) is 30.4 Å². The van der Waals surface area contributed by atoms with Crippen LogP contribution < -0.4 is 0 Å². The summed E-state index contributed by atoms with van der Waals surface area (Å²) in [4.78, 5) is 20.0. The third kappa shape index (κ3) is 4.21. The summed E-state index contributed by atoms with van der Waals surface area (Å²) in [5.74, 6) is -0.233. The van der Waals surface area contributed by atoms with Gasteiger partial charge in [0, 0.05) is 29.3 Å². The van der Waals surface area contributed by atoms with E-state index < -0.39 is 0 Å². The van der Waals surface area contributed by atoms with Crippen LogP contribution in [0.3, 0.4) is 0 Å². The number of hydrogen-bond acceptors (Lipinski definition) is 5. The van der Waals surface area contributed by atoms with Crippen molar-refractivity contribution in [2.45, 2.75) is 26.7 Å². The van der Waals surface area contributed by atoms with Gasteiger partial charge in [0.15, 0.2) is 0 Å². The summed E-state index contributed by atoms with van der Waals surface area (Å²) < 4.78 is 7.11. The number of hydrogen-bond donors (Lipinski definition) is 0. The van der Waals surface area contributed by atoms with Gasteiger partial charge in [0.2, 0.25) is 5.28 Å². The Hall–Kier alpha value is -3.17. The van der Waals surface area contributed by atoms with E-state index in [1.165, 1.54) is 0 Å². The van der Waals surface area contributed by atoms with Gasteiger partial charge in [-0.2, -0.15) is 5.26 Å². The molecule has 0 atom stereocenters. The van der Waals surface area contributed by atoms with Crippen molar-refractivity contribution in [3.05, 3.63) is 64.8 Å². The fourth-order valence-electron chi connectivity index (χ4n) is 3.07. The van der Waals surface area contributed by atoms with Crippen LogP contribution in [0.15, 0.2) is 42.7 Å². The van der Waals surface area contributed by atoms with Crippen LogP contribution in [0.25, 0.3) is 16.9 Å². The maximum absolute atomic E-state index is 11.8. The highest BCUT2D eigenvalue weighted by Crippen LogP contribution is 2.29. The Morgan fingerprint density at radius 1 is 1.25 bits per heavy atom. The minimum atomic E-state index is -0.233. The largest absolute Gasteiger partial charge is 0.466 e. The van der Waals surface area contributed by atoms with Crippen LogP contribution in [0.4, 0.5) is 0 Å². The highest BCUT2D eigenvalue weighted by molar-refractivity contribution is 6.28. The summed E-state index contributed by atoms with van der Waals surface area (Å²) in [5.41, 5.74) is 5.10. The Bertz CT molecular complexity index is 1040. The first-order valence-electron chi connectivity index (χ1n) is 8.88. The SMILES string of the molecule is CCOC(=O)CCc1ccc(-c2cnc(Cl)nc2)n1-c1ccc(C#N)cc1C. The normalized spacial score (nSPS) is 10.5. The first-order valence-corrected chi connectivity index (χ1v) is 9.26. The highest BCUT2D eigenvalue weighted by Gasteiger charge is 2.16. The van der Waals surface area contributed by atoms with Crippen LogP contribution in [-0.2, 0) is 16.0 Å². The summed E-state index contributed by atoms with van der Waals surface area (Å²) >= 11 is 5.82. The molecule has 2 aromatic heterocycles. The number of rotatable bonds is 6. The molecule has 0 N–H and O–H groups in total. The van der Waals surface area contributed by atoms with E-state index in [0.29, 0.717) is 18.6 Å². The fourth-order valence-corrected chi connectivity index (χ4v) is 3.17. The van der Waals surface area contributed by atoms with E-state index in [1.807, 2.05) is 31.2 Å². The number of aryl methyl sites for hydroxylation is 2. The Balaban J connectivity index is 2.08. The predicted molar refractivity (Wildman–Crippen MR) is 106 cm³/mol. The molecule has 3 aromatic rings. The highest BCUT2D eigenvalue weighted by atomic mass is 35.5. The molecular weight excluding hydrogens is 376 g/mol. The minimum Gasteiger partial charge on any atom is -0.466 e. The summed E-state index contributed by atoms with van der Waals surface area (Å²) in [6, 6.07) is 11.6. The number of nitriles is 1. The van der Waals surface area contributed by atoms with Crippen LogP contribution in [-0.4, -0.2) is 27.1 Å². The van der Waals surface area contributed by atoms with Crippen molar-refractivity contribution in [2.75, 3.05) is 6.61 Å². The van der Waals surface area contributed by atoms with Gasteiger partial charge in [-0.05, 0) is 67.8 Å². The van der Waals surface area contributed by atoms with E-state index in [9.17, 15) is 4.79 Å². The van der Waals surface area contributed by atoms with Crippen LogP contribution in [0.5, 0.6) is 0 Å². The van der Waals surface area contributed by atoms with E-state index in [0.717, 1.165) is 28.2 Å². The molecule has 7 heteroatoms. The molecule has 3 rings (SSSR count). The second-order valence-electron chi connectivity index (χ2n) is 6.20. The molecule has 0 saturated carbocycles. The van der Waals surface area contributed by atoms with Gasteiger partial charge in [-0.25, -0.2) is 9.97 Å². The molecule has 0 fully saturated rings. The van der Waals surface area contributed by atoms with E-state index in [1.54, 1.807) is 25.4 Å². The van der Waals surface area contributed by atoms with Crippen molar-refractivity contribution < 1.29 is 9.53 Å². The average molecular weight is 395 g/mol. The van der Waals surface area contributed by atoms with E-state index in [-0.39, 0.29) is 17.7 Å². The molecule has 0 unspecified atom stereocenters. The summed E-state index contributed by atoms with van der Waals surface area (Å²) in [7, 11) is 0. The Morgan fingerprint density at radius 2 is 2.00 bits per heavy atom. The lowest BCUT2D eigenvalue weighted by Gasteiger charge is -2.16. The number of ether oxygens (including phenoxy) is 1. The monoisotopic (exact) mass is 394 g/mol. The molecule has 0 saturated heterocycles. The van der Waals surface area contributed by atoms with Crippen molar-refractivity contribution in [1.82, 2.24) is 14.5 Å². The van der Waals surface area contributed by atoms with Crippen molar-refractivity contribution in [2.24, 2.45) is 0 Å². The molecule has 0 spiro atoms. The maximum atomic E-state index is 11.8. The molecule has 6 nitrogen and oxygen atoms in total. The number of aromatic nitrogens is 3. The predicted octanol–water partition coefficient (Wildman–Crippen LogP) is 4.26. The second kappa shape index (κ2) is 8.68. The van der Waals surface area contributed by atoms with Gasteiger partial charge < -0.3 is 9.30 Å². The van der Waals surface area contributed by atoms with Crippen LogP contribution in [0.1, 0.15) is 30.2 Å². The molecule has 2 heterocycles. The van der Waals surface area contributed by atoms with Crippen LogP contribution in [0.2, 0.25) is 5.28 Å². The van der Waals surface area contributed by atoms with Gasteiger partial charge in [-0.1, -0.05) is 0 Å². The Morgan fingerprint density at radius 3 is 2.64 bits per heavy atom. The molecule has 0 aliphatic heterocycles. The smallest absolute Gasteiger partial charge is 0.306 e. The Kier molecular flexibility index (Phi) is 6.07. The number of carbonyl (C=O) groups excluding carboxylic acids is 1. The maximum Gasteiger partial charge on any atom is 0.306 e. The lowest BCUT2D eigenvalue weighted by atomic mass is 10.1. The number of halogens is 1. The van der Waals surface area contributed by atoms with Gasteiger partial charge in [0.25, 0.3) is 0 Å². The van der Waals surface area contributed by atoms with Gasteiger partial charge in [0.1, 0.15) is 0 Å². The zero-order chi connectivity index (χ0) is 20.1. The fraction of sp³-hybridized carbons (Fsp3) is 0.238. The second-order valence-corrected chi connectivity index (χ2v) is 6.54. The van der Waals surface area contributed by atoms with E-state index >= 15 is 0 Å². The zero-order valence-corrected chi connectivity index (χ0v) is 16.4. The first-order chi connectivity index (χ1) is 13.5. The minimum absolute atomic E-state index is 0.180. The summed E-state index contributed by atoms with van der Waals surface area (Å²) in [6.07, 6.45) is 4.13. The van der Waals surface area contributed by atoms with Crippen LogP contribution >= 0.6 is 11.6 Å². The number of carbonyl (C=O) groups is 1. The van der Waals surface area contributed by atoms with E-state index in [2.05, 4.69) is 20.6 Å². The van der Waals surface area contributed by atoms with Gasteiger partial charge in [-0.15, -0.1) is 0 Å². The number of benzene rings is 1. The molecule has 0 aliphatic rings. The first kappa shape index (κ1) is 19.6. The quantitative estimate of drug-likeness (QED) is 0.460. The molecule has 0 bridgehead atoms. The lowest BCUT2D eigenvalue weighted by molar-refractivity contribution is -0.143. The number of nitrogens with zero attached hydrogens (tertiary/aromatic N) is 4. The van der Waals surface area contributed by atoms with Gasteiger partial charge in [-0.3, -0.25) is 4.79 Å². The summed E-state index contributed by atoms with van der Waals surface area (Å²) in [5, 5.41) is 9.33. The van der Waals surface area contributed by atoms with Crippen molar-refractivity contribution in [3.63, 3.8) is 0 Å².